The lowest BCUT2D eigenvalue weighted by Crippen LogP contribution is -2.23. The Bertz CT molecular complexity index is 1100. The minimum absolute atomic E-state index is 0.0821. The van der Waals surface area contributed by atoms with Crippen LogP contribution in [0.3, 0.4) is 0 Å². The van der Waals surface area contributed by atoms with Crippen LogP contribution in [0.15, 0.2) is 54.6 Å². The average molecular weight is 440 g/mol. The van der Waals surface area contributed by atoms with E-state index in [9.17, 15) is 18.0 Å². The highest BCUT2D eigenvalue weighted by Gasteiger charge is 2.19. The summed E-state index contributed by atoms with van der Waals surface area (Å²) in [7, 11) is 0. The Kier molecular flexibility index (Phi) is 6.58. The van der Waals surface area contributed by atoms with Crippen LogP contribution in [-0.2, 0) is 17.8 Å². The van der Waals surface area contributed by atoms with E-state index in [4.69, 9.17) is 0 Å². The maximum Gasteiger partial charge on any atom is 0.228 e. The van der Waals surface area contributed by atoms with Gasteiger partial charge in [0.2, 0.25) is 5.91 Å². The monoisotopic (exact) mass is 440 g/mol. The van der Waals surface area contributed by atoms with E-state index in [1.807, 2.05) is 0 Å². The van der Waals surface area contributed by atoms with Gasteiger partial charge in [-0.1, -0.05) is 18.2 Å². The van der Waals surface area contributed by atoms with Crippen molar-refractivity contribution in [2.45, 2.75) is 25.8 Å². The molecule has 0 bridgehead atoms. The zero-order valence-electron chi connectivity index (χ0n) is 17.4. The van der Waals surface area contributed by atoms with Crippen molar-refractivity contribution < 1.29 is 18.0 Å². The summed E-state index contributed by atoms with van der Waals surface area (Å²) in [6.07, 6.45) is 2.00. The molecule has 3 aromatic rings. The Morgan fingerprint density at radius 2 is 1.62 bits per heavy atom. The highest BCUT2D eigenvalue weighted by molar-refractivity contribution is 5.95. The molecule has 5 nitrogen and oxygen atoms in total. The van der Waals surface area contributed by atoms with E-state index in [1.165, 1.54) is 18.2 Å². The Hall–Kier alpha value is -3.55. The van der Waals surface area contributed by atoms with E-state index in [1.54, 1.807) is 24.3 Å². The van der Waals surface area contributed by atoms with Gasteiger partial charge in [0.1, 0.15) is 11.6 Å². The fraction of sp³-hybridized carbons (Fsp3) is 0.250. The molecule has 1 aliphatic rings. The Balaban J connectivity index is 1.48. The first-order chi connectivity index (χ1) is 15.5. The Morgan fingerprint density at radius 1 is 0.906 bits per heavy atom. The molecule has 1 saturated heterocycles. The van der Waals surface area contributed by atoms with Gasteiger partial charge >= 0.3 is 0 Å². The Labute approximate surface area is 184 Å². The van der Waals surface area contributed by atoms with Crippen LogP contribution < -0.4 is 15.5 Å². The largest absolute Gasteiger partial charge is 0.366 e. The minimum atomic E-state index is -0.980. The number of amides is 1. The van der Waals surface area contributed by atoms with Gasteiger partial charge in [-0.25, -0.2) is 18.2 Å². The first-order valence-electron chi connectivity index (χ1n) is 10.5. The first-order valence-corrected chi connectivity index (χ1v) is 10.5. The van der Waals surface area contributed by atoms with Crippen molar-refractivity contribution in [3.8, 4) is 0 Å². The molecule has 4 rings (SSSR count). The summed E-state index contributed by atoms with van der Waals surface area (Å²) in [4.78, 5) is 19.3. The van der Waals surface area contributed by atoms with Gasteiger partial charge in [-0.15, -0.1) is 0 Å². The number of halogens is 3. The molecule has 0 unspecified atom stereocenters. The quantitative estimate of drug-likeness (QED) is 0.549. The molecule has 1 fully saturated rings. The molecule has 1 aromatic heterocycles. The third kappa shape index (κ3) is 5.38. The topological polar surface area (TPSA) is 57.3 Å². The summed E-state index contributed by atoms with van der Waals surface area (Å²) >= 11 is 0. The second kappa shape index (κ2) is 9.72. The fourth-order valence-corrected chi connectivity index (χ4v) is 3.64. The summed E-state index contributed by atoms with van der Waals surface area (Å²) < 4.78 is 39.7. The number of pyridine rings is 1. The molecule has 0 radical (unpaired) electrons. The third-order valence-corrected chi connectivity index (χ3v) is 5.29. The van der Waals surface area contributed by atoms with Crippen molar-refractivity contribution in [1.82, 2.24) is 4.98 Å². The van der Waals surface area contributed by atoms with Crippen LogP contribution >= 0.6 is 0 Å². The number of benzene rings is 2. The molecule has 0 spiro atoms. The van der Waals surface area contributed by atoms with Crippen molar-refractivity contribution in [3.05, 3.63) is 83.2 Å². The normalized spacial score (nSPS) is 13.3. The predicted molar refractivity (Wildman–Crippen MR) is 118 cm³/mol. The summed E-state index contributed by atoms with van der Waals surface area (Å²) in [6.45, 7) is 2.15. The van der Waals surface area contributed by atoms with Crippen LogP contribution in [-0.4, -0.2) is 24.0 Å². The molecule has 166 valence electrons. The van der Waals surface area contributed by atoms with E-state index in [0.29, 0.717) is 29.4 Å². The van der Waals surface area contributed by atoms with Gasteiger partial charge in [-0.3, -0.25) is 4.79 Å². The highest BCUT2D eigenvalue weighted by Crippen LogP contribution is 2.29. The summed E-state index contributed by atoms with van der Waals surface area (Å²) in [6, 6.07) is 13.2. The van der Waals surface area contributed by atoms with Crippen LogP contribution in [0.1, 0.15) is 24.0 Å². The van der Waals surface area contributed by atoms with Gasteiger partial charge in [0.05, 0.1) is 12.1 Å². The number of hydrogen-bond acceptors (Lipinski definition) is 4. The van der Waals surface area contributed by atoms with Gasteiger partial charge < -0.3 is 15.5 Å². The van der Waals surface area contributed by atoms with Crippen LogP contribution in [0.2, 0.25) is 0 Å². The average Bonchev–Trinajstić information content (AvgIpc) is 3.31. The highest BCUT2D eigenvalue weighted by atomic mass is 19.2. The van der Waals surface area contributed by atoms with Crippen LogP contribution in [0.25, 0.3) is 0 Å². The number of carbonyl (C=O) groups is 1. The number of nitrogens with zero attached hydrogens (tertiary/aromatic N) is 2. The molecule has 1 aliphatic heterocycles. The van der Waals surface area contributed by atoms with E-state index < -0.39 is 11.6 Å². The second-order valence-electron chi connectivity index (χ2n) is 7.72. The SMILES string of the molecule is O=C(Cc1ccc(F)c(F)c1)Nc1ccc(NCc2ccc(F)cc2)nc1N1CCCC1. The predicted octanol–water partition coefficient (Wildman–Crippen LogP) is 4.89. The van der Waals surface area contributed by atoms with Crippen LogP contribution in [0, 0.1) is 17.5 Å². The number of nitrogens with one attached hydrogen (secondary N) is 2. The summed E-state index contributed by atoms with van der Waals surface area (Å²) in [5, 5.41) is 6.07. The maximum atomic E-state index is 13.4. The van der Waals surface area contributed by atoms with Gasteiger partial charge in [-0.2, -0.15) is 0 Å². The van der Waals surface area contributed by atoms with Crippen molar-refractivity contribution >= 4 is 23.2 Å². The first kappa shape index (κ1) is 21.7. The van der Waals surface area contributed by atoms with Gasteiger partial charge in [-0.05, 0) is 60.4 Å². The second-order valence-corrected chi connectivity index (χ2v) is 7.72. The molecule has 2 heterocycles. The lowest BCUT2D eigenvalue weighted by molar-refractivity contribution is -0.115. The smallest absolute Gasteiger partial charge is 0.228 e. The standard InChI is InChI=1S/C24H23F3N4O/c25-18-6-3-16(4-7-18)15-28-22-10-9-21(24(30-22)31-11-1-2-12-31)29-23(32)14-17-5-8-19(26)20(27)13-17/h3-10,13H,1-2,11-12,14-15H2,(H,28,30)(H,29,32). The third-order valence-electron chi connectivity index (χ3n) is 5.29. The minimum Gasteiger partial charge on any atom is -0.366 e. The molecular formula is C24H23F3N4O. The van der Waals surface area contributed by atoms with Gasteiger partial charge in [0.25, 0.3) is 0 Å². The lowest BCUT2D eigenvalue weighted by atomic mass is 10.1. The molecule has 8 heteroatoms. The molecule has 0 atom stereocenters. The number of anilines is 3. The van der Waals surface area contributed by atoms with Gasteiger partial charge in [0.15, 0.2) is 17.5 Å². The summed E-state index contributed by atoms with van der Waals surface area (Å²) in [5.74, 6) is -1.26. The molecule has 1 amide bonds. The van der Waals surface area contributed by atoms with Crippen molar-refractivity contribution in [2.24, 2.45) is 0 Å². The van der Waals surface area contributed by atoms with E-state index in [0.717, 1.165) is 43.6 Å². The van der Waals surface area contributed by atoms with Gasteiger partial charge in [0, 0.05) is 19.6 Å². The molecule has 0 saturated carbocycles. The lowest BCUT2D eigenvalue weighted by Gasteiger charge is -2.21. The molecular weight excluding hydrogens is 417 g/mol. The number of carbonyl (C=O) groups excluding carboxylic acids is 1. The zero-order chi connectivity index (χ0) is 22.5. The van der Waals surface area contributed by atoms with Crippen molar-refractivity contribution in [3.63, 3.8) is 0 Å². The fourth-order valence-electron chi connectivity index (χ4n) is 3.64. The van der Waals surface area contributed by atoms with E-state index in [2.05, 4.69) is 20.5 Å². The molecule has 2 N–H and O–H groups in total. The molecule has 32 heavy (non-hydrogen) atoms. The van der Waals surface area contributed by atoms with E-state index >= 15 is 0 Å². The van der Waals surface area contributed by atoms with Crippen molar-refractivity contribution in [1.29, 1.82) is 0 Å². The molecule has 2 aromatic carbocycles. The van der Waals surface area contributed by atoms with Crippen LogP contribution in [0.4, 0.5) is 30.5 Å². The number of aromatic nitrogens is 1. The Morgan fingerprint density at radius 3 is 2.34 bits per heavy atom. The van der Waals surface area contributed by atoms with Crippen LogP contribution in [0.5, 0.6) is 0 Å². The van der Waals surface area contributed by atoms with Crippen molar-refractivity contribution in [2.75, 3.05) is 28.6 Å². The maximum absolute atomic E-state index is 13.4. The number of hydrogen-bond donors (Lipinski definition) is 2. The van der Waals surface area contributed by atoms with E-state index in [-0.39, 0.29) is 18.1 Å². The summed E-state index contributed by atoms with van der Waals surface area (Å²) in [5.41, 5.74) is 1.86. The zero-order valence-corrected chi connectivity index (χ0v) is 17.4. The number of rotatable bonds is 7. The molecule has 0 aliphatic carbocycles.